The highest BCUT2D eigenvalue weighted by Gasteiger charge is 2.46. The average molecular weight is 804 g/mol. The van der Waals surface area contributed by atoms with Crippen LogP contribution in [0.1, 0.15) is 22.3 Å². The van der Waals surface area contributed by atoms with Crippen LogP contribution >= 0.6 is 0 Å². The van der Waals surface area contributed by atoms with Crippen molar-refractivity contribution in [3.8, 4) is 44.5 Å². The lowest BCUT2D eigenvalue weighted by Gasteiger charge is -2.35. The zero-order chi connectivity index (χ0) is 41.7. The van der Waals surface area contributed by atoms with Crippen LogP contribution in [0.4, 0.5) is 17.1 Å². The molecule has 0 atom stereocenters. The molecule has 296 valence electrons. The van der Waals surface area contributed by atoms with Crippen LogP contribution in [0.5, 0.6) is 0 Å². The molecule has 1 aliphatic carbocycles. The van der Waals surface area contributed by atoms with Gasteiger partial charge in [-0.3, -0.25) is 0 Å². The zero-order valence-corrected chi connectivity index (χ0v) is 34.5. The van der Waals surface area contributed by atoms with Crippen LogP contribution < -0.4 is 4.90 Å². The summed E-state index contributed by atoms with van der Waals surface area (Å²) < 4.78 is 7.00. The smallest absolute Gasteiger partial charge is 0.159 e. The molecule has 0 aliphatic heterocycles. The molecule has 0 saturated heterocycles. The van der Waals surface area contributed by atoms with Crippen LogP contribution in [-0.2, 0) is 5.41 Å². The summed E-state index contributed by atoms with van der Waals surface area (Å²) in [6, 6.07) is 90.1. The van der Waals surface area contributed by atoms with Gasteiger partial charge in [-0.2, -0.15) is 0 Å². The Kier molecular flexibility index (Phi) is 8.76. The first-order valence-electron chi connectivity index (χ1n) is 21.7. The molecule has 0 spiro atoms. The molecule has 1 aromatic heterocycles. The first-order chi connectivity index (χ1) is 31.3. The number of hydrogen-bond acceptors (Lipinski definition) is 2. The van der Waals surface area contributed by atoms with Gasteiger partial charge in [0, 0.05) is 27.7 Å². The van der Waals surface area contributed by atoms with Gasteiger partial charge >= 0.3 is 0 Å². The van der Waals surface area contributed by atoms with E-state index in [1.807, 2.05) is 0 Å². The number of hydrogen-bond donors (Lipinski definition) is 0. The van der Waals surface area contributed by atoms with Crippen LogP contribution in [0.15, 0.2) is 253 Å². The molecule has 0 amide bonds. The fourth-order valence-corrected chi connectivity index (χ4v) is 10.1. The Balaban J connectivity index is 1.08. The molecule has 11 aromatic rings. The van der Waals surface area contributed by atoms with E-state index in [4.69, 9.17) is 4.42 Å². The molecule has 0 bridgehead atoms. The maximum atomic E-state index is 7.00. The predicted octanol–water partition coefficient (Wildman–Crippen LogP) is 16.4. The van der Waals surface area contributed by atoms with E-state index in [2.05, 4.69) is 254 Å². The van der Waals surface area contributed by atoms with Gasteiger partial charge in [0.1, 0.15) is 5.58 Å². The van der Waals surface area contributed by atoms with Crippen molar-refractivity contribution in [2.75, 3.05) is 4.90 Å². The average Bonchev–Trinajstić information content (AvgIpc) is 3.90. The lowest BCUT2D eigenvalue weighted by molar-refractivity contribution is 0.670. The fraction of sp³-hybridized carbons (Fsp3) is 0.0164. The van der Waals surface area contributed by atoms with Crippen LogP contribution in [0.2, 0.25) is 0 Å². The minimum Gasteiger partial charge on any atom is -0.453 e. The van der Waals surface area contributed by atoms with E-state index in [-0.39, 0.29) is 0 Å². The normalized spacial score (nSPS) is 12.6. The fourth-order valence-electron chi connectivity index (χ4n) is 10.1. The first-order valence-corrected chi connectivity index (χ1v) is 21.7. The number of benzene rings is 10. The van der Waals surface area contributed by atoms with E-state index >= 15 is 0 Å². The molecule has 2 nitrogen and oxygen atoms in total. The molecular weight excluding hydrogens is 763 g/mol. The molecule has 1 heterocycles. The lowest BCUT2D eigenvalue weighted by atomic mass is 9.67. The highest BCUT2D eigenvalue weighted by atomic mass is 16.3. The van der Waals surface area contributed by atoms with Gasteiger partial charge in [-0.25, -0.2) is 0 Å². The minimum absolute atomic E-state index is 0.607. The molecule has 0 saturated carbocycles. The quantitative estimate of drug-likeness (QED) is 0.152. The second kappa shape index (κ2) is 15.1. The van der Waals surface area contributed by atoms with Gasteiger partial charge in [0.25, 0.3) is 0 Å². The van der Waals surface area contributed by atoms with Gasteiger partial charge in [0.15, 0.2) is 5.58 Å². The van der Waals surface area contributed by atoms with Crippen molar-refractivity contribution in [2.24, 2.45) is 0 Å². The minimum atomic E-state index is -0.607. The van der Waals surface area contributed by atoms with Crippen molar-refractivity contribution >= 4 is 39.0 Å². The summed E-state index contributed by atoms with van der Waals surface area (Å²) in [6.45, 7) is 0. The Morgan fingerprint density at radius 2 is 0.762 bits per heavy atom. The van der Waals surface area contributed by atoms with E-state index in [9.17, 15) is 0 Å². The first kappa shape index (κ1) is 36.6. The number of para-hydroxylation sites is 3. The van der Waals surface area contributed by atoms with E-state index in [1.165, 1.54) is 55.6 Å². The van der Waals surface area contributed by atoms with Gasteiger partial charge < -0.3 is 9.32 Å². The topological polar surface area (TPSA) is 16.4 Å². The van der Waals surface area contributed by atoms with Gasteiger partial charge in [0.05, 0.1) is 11.1 Å². The highest BCUT2D eigenvalue weighted by Crippen LogP contribution is 2.58. The Morgan fingerprint density at radius 3 is 1.33 bits per heavy atom. The van der Waals surface area contributed by atoms with Crippen molar-refractivity contribution in [1.82, 2.24) is 0 Å². The number of anilines is 3. The summed E-state index contributed by atoms with van der Waals surface area (Å²) in [5.74, 6) is 0. The van der Waals surface area contributed by atoms with E-state index < -0.39 is 5.41 Å². The molecule has 0 N–H and O–H groups in total. The van der Waals surface area contributed by atoms with Crippen LogP contribution in [-0.4, -0.2) is 0 Å². The Morgan fingerprint density at radius 1 is 0.302 bits per heavy atom. The monoisotopic (exact) mass is 803 g/mol. The van der Waals surface area contributed by atoms with E-state index in [1.54, 1.807) is 0 Å². The zero-order valence-electron chi connectivity index (χ0n) is 34.5. The Labute approximate surface area is 367 Å². The summed E-state index contributed by atoms with van der Waals surface area (Å²) in [5, 5.41) is 2.19. The van der Waals surface area contributed by atoms with Crippen molar-refractivity contribution in [3.05, 3.63) is 271 Å². The molecule has 12 rings (SSSR count). The number of fused-ring (bicyclic) bond motifs is 6. The maximum absolute atomic E-state index is 7.00. The van der Waals surface area contributed by atoms with Crippen LogP contribution in [0.25, 0.3) is 66.4 Å². The van der Waals surface area contributed by atoms with Crippen molar-refractivity contribution in [1.29, 1.82) is 0 Å². The Hall–Kier alpha value is -8.20. The predicted molar refractivity (Wildman–Crippen MR) is 262 cm³/mol. The van der Waals surface area contributed by atoms with Crippen LogP contribution in [0.3, 0.4) is 0 Å². The summed E-state index contributed by atoms with van der Waals surface area (Å²) in [5.41, 5.74) is 18.7. The molecule has 1 aliphatic rings. The third kappa shape index (κ3) is 5.95. The second-order valence-electron chi connectivity index (χ2n) is 16.4. The summed E-state index contributed by atoms with van der Waals surface area (Å²) in [7, 11) is 0. The number of nitrogens with zero attached hydrogens (tertiary/aromatic N) is 1. The third-order valence-corrected chi connectivity index (χ3v) is 13.0. The highest BCUT2D eigenvalue weighted by molar-refractivity contribution is 6.13. The summed E-state index contributed by atoms with van der Waals surface area (Å²) in [6.07, 6.45) is 0. The second-order valence-corrected chi connectivity index (χ2v) is 16.4. The van der Waals surface area contributed by atoms with Crippen LogP contribution in [0, 0.1) is 0 Å². The van der Waals surface area contributed by atoms with Gasteiger partial charge in [-0.15, -0.1) is 0 Å². The van der Waals surface area contributed by atoms with Gasteiger partial charge in [0.2, 0.25) is 0 Å². The van der Waals surface area contributed by atoms with E-state index in [0.717, 1.165) is 50.1 Å². The van der Waals surface area contributed by atoms with Crippen molar-refractivity contribution in [3.63, 3.8) is 0 Å². The Bertz CT molecular complexity index is 3320. The molecule has 0 radical (unpaired) electrons. The molecule has 0 unspecified atom stereocenters. The van der Waals surface area contributed by atoms with Crippen molar-refractivity contribution in [2.45, 2.75) is 5.41 Å². The summed E-state index contributed by atoms with van der Waals surface area (Å²) in [4.78, 5) is 2.34. The number of rotatable bonds is 8. The number of furan rings is 1. The summed E-state index contributed by atoms with van der Waals surface area (Å²) >= 11 is 0. The van der Waals surface area contributed by atoms with Crippen molar-refractivity contribution < 1.29 is 4.42 Å². The maximum Gasteiger partial charge on any atom is 0.159 e. The lowest BCUT2D eigenvalue weighted by Crippen LogP contribution is -2.28. The van der Waals surface area contributed by atoms with Gasteiger partial charge in [-0.1, -0.05) is 206 Å². The molecular formula is C61H41NO. The molecule has 2 heteroatoms. The molecule has 10 aromatic carbocycles. The van der Waals surface area contributed by atoms with E-state index in [0.29, 0.717) is 0 Å². The van der Waals surface area contributed by atoms with Gasteiger partial charge in [-0.05, 0) is 104 Å². The largest absolute Gasteiger partial charge is 0.453 e. The molecule has 63 heavy (non-hydrogen) atoms. The molecule has 0 fully saturated rings. The third-order valence-electron chi connectivity index (χ3n) is 13.0. The standard InChI is InChI=1S/C61H41NO/c1-6-18-42(19-7-1)45-32-38-52-53-39-33-46(43-20-8-2-9-21-43)41-57(53)61(56(52)40-45,47-24-12-4-13-25-47)48-34-36-50(37-35-48)62(49-26-14-5-15-27-49)58-31-17-30-55-54-29-16-28-51(59(54)63-60(55)58)44-22-10-3-11-23-44/h1-41H. The SMILES string of the molecule is c1ccc(-c2ccc3c(c2)C(c2ccccc2)(c2ccc(N(c4ccccc4)c4cccc5c4oc4c(-c6ccccc6)cccc45)cc2)c2cc(-c4ccccc4)ccc2-3)cc1.